The van der Waals surface area contributed by atoms with E-state index in [9.17, 15) is 9.59 Å². The molecule has 0 spiro atoms. The molecule has 2 aromatic carbocycles. The minimum atomic E-state index is -0.145. The monoisotopic (exact) mass is 344 g/mol. The number of hydrogen-bond donors (Lipinski definition) is 2. The van der Waals surface area contributed by atoms with E-state index in [1.807, 2.05) is 18.2 Å². The van der Waals surface area contributed by atoms with E-state index in [1.165, 1.54) is 18.7 Å². The molecule has 2 amide bonds. The average Bonchev–Trinajstić information content (AvgIpc) is 3.01. The highest BCUT2D eigenvalue weighted by molar-refractivity contribution is 8.00. The number of para-hydroxylation sites is 1. The molecule has 0 fully saturated rings. The van der Waals surface area contributed by atoms with Crippen LogP contribution in [-0.2, 0) is 9.59 Å². The molecule has 7 heteroatoms. The minimum Gasteiger partial charge on any atom is -0.454 e. The van der Waals surface area contributed by atoms with Gasteiger partial charge in [-0.3, -0.25) is 9.59 Å². The lowest BCUT2D eigenvalue weighted by atomic mass is 10.3. The molecule has 0 saturated heterocycles. The van der Waals surface area contributed by atoms with Crippen molar-refractivity contribution in [3.8, 4) is 11.5 Å². The Bertz CT molecular complexity index is 779. The molecule has 3 rings (SSSR count). The van der Waals surface area contributed by atoms with Crippen LogP contribution in [0.15, 0.2) is 47.4 Å². The quantitative estimate of drug-likeness (QED) is 0.815. The van der Waals surface area contributed by atoms with Gasteiger partial charge in [0.15, 0.2) is 11.5 Å². The van der Waals surface area contributed by atoms with Gasteiger partial charge in [-0.1, -0.05) is 12.1 Å². The molecule has 0 radical (unpaired) electrons. The maximum atomic E-state index is 12.1. The number of hydrogen-bond acceptors (Lipinski definition) is 5. The first-order valence-corrected chi connectivity index (χ1v) is 8.29. The smallest absolute Gasteiger partial charge is 0.234 e. The normalized spacial score (nSPS) is 11.9. The Kier molecular flexibility index (Phi) is 4.90. The van der Waals surface area contributed by atoms with Crippen LogP contribution in [0.25, 0.3) is 0 Å². The maximum Gasteiger partial charge on any atom is 0.234 e. The highest BCUT2D eigenvalue weighted by Crippen LogP contribution is 2.34. The SMILES string of the molecule is CC(=O)Nc1ccccc1SCC(=O)Nc1ccc2c(c1)OCO2. The molecule has 6 nitrogen and oxygen atoms in total. The third kappa shape index (κ3) is 3.99. The van der Waals surface area contributed by atoms with Crippen molar-refractivity contribution in [2.24, 2.45) is 0 Å². The molecule has 24 heavy (non-hydrogen) atoms. The second-order valence-electron chi connectivity index (χ2n) is 5.08. The first-order chi connectivity index (χ1) is 11.6. The van der Waals surface area contributed by atoms with E-state index in [-0.39, 0.29) is 24.4 Å². The van der Waals surface area contributed by atoms with Crippen LogP contribution < -0.4 is 20.1 Å². The number of ether oxygens (including phenoxy) is 2. The van der Waals surface area contributed by atoms with Crippen molar-refractivity contribution in [2.75, 3.05) is 23.2 Å². The van der Waals surface area contributed by atoms with Gasteiger partial charge in [0.2, 0.25) is 18.6 Å². The zero-order chi connectivity index (χ0) is 16.9. The Hall–Kier alpha value is -2.67. The number of anilines is 2. The van der Waals surface area contributed by atoms with Crippen LogP contribution in [-0.4, -0.2) is 24.4 Å². The number of benzene rings is 2. The molecular formula is C17H16N2O4S. The zero-order valence-electron chi connectivity index (χ0n) is 13.0. The summed E-state index contributed by atoms with van der Waals surface area (Å²) in [4.78, 5) is 24.2. The van der Waals surface area contributed by atoms with Gasteiger partial charge in [0.25, 0.3) is 0 Å². The van der Waals surface area contributed by atoms with Crippen molar-refractivity contribution in [2.45, 2.75) is 11.8 Å². The molecule has 0 atom stereocenters. The van der Waals surface area contributed by atoms with Crippen LogP contribution in [0.5, 0.6) is 11.5 Å². The summed E-state index contributed by atoms with van der Waals surface area (Å²) in [6, 6.07) is 12.6. The van der Waals surface area contributed by atoms with Crippen molar-refractivity contribution in [3.05, 3.63) is 42.5 Å². The van der Waals surface area contributed by atoms with Crippen LogP contribution >= 0.6 is 11.8 Å². The molecule has 1 aliphatic heterocycles. The van der Waals surface area contributed by atoms with Crippen LogP contribution in [0.2, 0.25) is 0 Å². The topological polar surface area (TPSA) is 76.7 Å². The lowest BCUT2D eigenvalue weighted by molar-refractivity contribution is -0.114. The van der Waals surface area contributed by atoms with Gasteiger partial charge < -0.3 is 20.1 Å². The lowest BCUT2D eigenvalue weighted by Gasteiger charge is -2.10. The van der Waals surface area contributed by atoms with Crippen molar-refractivity contribution in [1.29, 1.82) is 0 Å². The van der Waals surface area contributed by atoms with E-state index in [1.54, 1.807) is 24.3 Å². The summed E-state index contributed by atoms with van der Waals surface area (Å²) >= 11 is 1.36. The van der Waals surface area contributed by atoms with Crippen LogP contribution in [0, 0.1) is 0 Å². The van der Waals surface area contributed by atoms with Crippen molar-refractivity contribution >= 4 is 35.0 Å². The average molecular weight is 344 g/mol. The van der Waals surface area contributed by atoms with Gasteiger partial charge in [0.05, 0.1) is 11.4 Å². The second-order valence-corrected chi connectivity index (χ2v) is 6.10. The number of thioether (sulfide) groups is 1. The fourth-order valence-electron chi connectivity index (χ4n) is 2.20. The predicted octanol–water partition coefficient (Wildman–Crippen LogP) is 3.10. The van der Waals surface area contributed by atoms with E-state index in [0.717, 1.165) is 4.90 Å². The molecule has 2 N–H and O–H groups in total. The summed E-state index contributed by atoms with van der Waals surface area (Å²) in [5.74, 6) is 1.23. The predicted molar refractivity (Wildman–Crippen MR) is 92.7 cm³/mol. The van der Waals surface area contributed by atoms with Gasteiger partial charge >= 0.3 is 0 Å². The Morgan fingerprint density at radius 2 is 1.88 bits per heavy atom. The molecule has 0 aromatic heterocycles. The molecule has 2 aromatic rings. The summed E-state index contributed by atoms with van der Waals surface area (Å²) < 4.78 is 10.5. The van der Waals surface area contributed by atoms with Crippen LogP contribution in [0.4, 0.5) is 11.4 Å². The summed E-state index contributed by atoms with van der Waals surface area (Å²) in [6.45, 7) is 1.65. The number of rotatable bonds is 5. The molecule has 0 saturated carbocycles. The summed E-state index contributed by atoms with van der Waals surface area (Å²) in [7, 11) is 0. The molecule has 0 unspecified atom stereocenters. The Morgan fingerprint density at radius 1 is 1.08 bits per heavy atom. The number of carbonyl (C=O) groups is 2. The number of amides is 2. The number of carbonyl (C=O) groups excluding carboxylic acids is 2. The molecule has 1 aliphatic rings. The highest BCUT2D eigenvalue weighted by Gasteiger charge is 2.14. The number of fused-ring (bicyclic) bond motifs is 1. The van der Waals surface area contributed by atoms with Crippen molar-refractivity contribution in [1.82, 2.24) is 0 Å². The molecule has 1 heterocycles. The van der Waals surface area contributed by atoms with Crippen LogP contribution in [0.3, 0.4) is 0 Å². The number of nitrogens with one attached hydrogen (secondary N) is 2. The van der Waals surface area contributed by atoms with Gasteiger partial charge in [-0.15, -0.1) is 11.8 Å². The van der Waals surface area contributed by atoms with Gasteiger partial charge in [0, 0.05) is 23.6 Å². The Balaban J connectivity index is 1.59. The third-order valence-corrected chi connectivity index (χ3v) is 4.29. The fraction of sp³-hybridized carbons (Fsp3) is 0.176. The first-order valence-electron chi connectivity index (χ1n) is 7.31. The van der Waals surface area contributed by atoms with Gasteiger partial charge in [-0.2, -0.15) is 0 Å². The Labute approximate surface area is 143 Å². The van der Waals surface area contributed by atoms with E-state index in [2.05, 4.69) is 10.6 Å². The Morgan fingerprint density at radius 3 is 2.71 bits per heavy atom. The second kappa shape index (κ2) is 7.27. The van der Waals surface area contributed by atoms with E-state index >= 15 is 0 Å². The standard InChI is InChI=1S/C17H16N2O4S/c1-11(20)18-13-4-2-3-5-16(13)24-9-17(21)19-12-6-7-14-15(8-12)23-10-22-14/h2-8H,9-10H2,1H3,(H,18,20)(H,19,21). The summed E-state index contributed by atoms with van der Waals surface area (Å²) in [6.07, 6.45) is 0. The summed E-state index contributed by atoms with van der Waals surface area (Å²) in [5.41, 5.74) is 1.35. The zero-order valence-corrected chi connectivity index (χ0v) is 13.8. The van der Waals surface area contributed by atoms with Gasteiger partial charge in [-0.25, -0.2) is 0 Å². The molecule has 0 aliphatic carbocycles. The fourth-order valence-corrected chi connectivity index (χ4v) is 3.01. The first kappa shape index (κ1) is 16.2. The molecule has 124 valence electrons. The minimum absolute atomic E-state index is 0.142. The molecular weight excluding hydrogens is 328 g/mol. The molecule has 0 bridgehead atoms. The van der Waals surface area contributed by atoms with Gasteiger partial charge in [0.1, 0.15) is 0 Å². The van der Waals surface area contributed by atoms with E-state index in [4.69, 9.17) is 9.47 Å². The van der Waals surface area contributed by atoms with E-state index in [0.29, 0.717) is 22.9 Å². The largest absolute Gasteiger partial charge is 0.454 e. The maximum absolute atomic E-state index is 12.1. The highest BCUT2D eigenvalue weighted by atomic mass is 32.2. The van der Waals surface area contributed by atoms with Crippen LogP contribution in [0.1, 0.15) is 6.92 Å². The third-order valence-electron chi connectivity index (χ3n) is 3.21. The lowest BCUT2D eigenvalue weighted by Crippen LogP contribution is -2.14. The van der Waals surface area contributed by atoms with Crippen molar-refractivity contribution < 1.29 is 19.1 Å². The summed E-state index contributed by atoms with van der Waals surface area (Å²) in [5, 5.41) is 5.57. The van der Waals surface area contributed by atoms with Gasteiger partial charge in [-0.05, 0) is 24.3 Å². The van der Waals surface area contributed by atoms with E-state index < -0.39 is 0 Å². The van der Waals surface area contributed by atoms with Crippen molar-refractivity contribution in [3.63, 3.8) is 0 Å².